The molecule has 2 rings (SSSR count). The molecular formula is C20H23F3N2O. The van der Waals surface area contributed by atoms with Crippen LogP contribution in [0.4, 0.5) is 18.0 Å². The Morgan fingerprint density at radius 1 is 0.962 bits per heavy atom. The molecule has 0 aromatic heterocycles. The zero-order chi connectivity index (χ0) is 19.2. The van der Waals surface area contributed by atoms with Crippen molar-refractivity contribution in [1.82, 2.24) is 10.2 Å². The van der Waals surface area contributed by atoms with Crippen molar-refractivity contribution in [2.75, 3.05) is 13.6 Å². The highest BCUT2D eigenvalue weighted by atomic mass is 19.4. The summed E-state index contributed by atoms with van der Waals surface area (Å²) in [6.07, 6.45) is -2.88. The molecule has 0 atom stereocenters. The fourth-order valence-electron chi connectivity index (χ4n) is 2.54. The fourth-order valence-corrected chi connectivity index (χ4v) is 2.54. The van der Waals surface area contributed by atoms with E-state index < -0.39 is 11.7 Å². The van der Waals surface area contributed by atoms with Gasteiger partial charge in [0.05, 0.1) is 5.56 Å². The average Bonchev–Trinajstić information content (AvgIpc) is 2.62. The second kappa shape index (κ2) is 8.74. The molecular weight excluding hydrogens is 341 g/mol. The van der Waals surface area contributed by atoms with Crippen molar-refractivity contribution < 1.29 is 18.0 Å². The van der Waals surface area contributed by atoms with Crippen LogP contribution in [0.2, 0.25) is 0 Å². The molecule has 26 heavy (non-hydrogen) atoms. The average molecular weight is 364 g/mol. The van der Waals surface area contributed by atoms with E-state index in [9.17, 15) is 18.0 Å². The first-order valence-electron chi connectivity index (χ1n) is 8.52. The number of aryl methyl sites for hydroxylation is 1. The van der Waals surface area contributed by atoms with E-state index in [4.69, 9.17) is 0 Å². The van der Waals surface area contributed by atoms with Crippen LogP contribution >= 0.6 is 0 Å². The lowest BCUT2D eigenvalue weighted by atomic mass is 10.1. The number of urea groups is 1. The number of hydrogen-bond acceptors (Lipinski definition) is 1. The first-order valence-corrected chi connectivity index (χ1v) is 8.52. The van der Waals surface area contributed by atoms with E-state index in [0.717, 1.165) is 29.7 Å². The predicted molar refractivity (Wildman–Crippen MR) is 95.8 cm³/mol. The summed E-state index contributed by atoms with van der Waals surface area (Å²) in [7, 11) is 1.71. The molecule has 2 aromatic carbocycles. The van der Waals surface area contributed by atoms with Gasteiger partial charge in [0.15, 0.2) is 0 Å². The summed E-state index contributed by atoms with van der Waals surface area (Å²) in [5.74, 6) is 0. The first-order chi connectivity index (χ1) is 12.3. The number of carbonyl (C=O) groups excluding carboxylic acids is 1. The van der Waals surface area contributed by atoms with E-state index in [0.29, 0.717) is 19.5 Å². The van der Waals surface area contributed by atoms with Crippen molar-refractivity contribution in [3.8, 4) is 0 Å². The molecule has 3 nitrogen and oxygen atoms in total. The number of amides is 2. The minimum Gasteiger partial charge on any atom is -0.338 e. The number of hydrogen-bond donors (Lipinski definition) is 1. The lowest BCUT2D eigenvalue weighted by Crippen LogP contribution is -2.37. The molecule has 0 heterocycles. The van der Waals surface area contributed by atoms with Crippen molar-refractivity contribution in [3.05, 3.63) is 70.8 Å². The summed E-state index contributed by atoms with van der Waals surface area (Å²) in [5, 5.41) is 2.78. The van der Waals surface area contributed by atoms with Crippen molar-refractivity contribution >= 4 is 6.03 Å². The van der Waals surface area contributed by atoms with Crippen LogP contribution in [0.15, 0.2) is 48.5 Å². The number of halogens is 3. The third-order valence-corrected chi connectivity index (χ3v) is 4.17. The minimum atomic E-state index is -4.33. The molecule has 0 radical (unpaired) electrons. The monoisotopic (exact) mass is 364 g/mol. The molecule has 140 valence electrons. The van der Waals surface area contributed by atoms with Crippen LogP contribution in [0.3, 0.4) is 0 Å². The lowest BCUT2D eigenvalue weighted by molar-refractivity contribution is -0.137. The third kappa shape index (κ3) is 5.79. The highest BCUT2D eigenvalue weighted by Gasteiger charge is 2.29. The van der Waals surface area contributed by atoms with Crippen molar-refractivity contribution in [3.63, 3.8) is 0 Å². The number of benzene rings is 2. The summed E-state index contributed by atoms with van der Waals surface area (Å²) in [4.78, 5) is 13.7. The van der Waals surface area contributed by atoms with Gasteiger partial charge in [-0.25, -0.2) is 4.79 Å². The number of rotatable bonds is 6. The van der Waals surface area contributed by atoms with Crippen LogP contribution in [0.25, 0.3) is 0 Å². The second-order valence-electron chi connectivity index (χ2n) is 6.20. The molecule has 0 aliphatic heterocycles. The van der Waals surface area contributed by atoms with Gasteiger partial charge in [-0.3, -0.25) is 0 Å². The summed E-state index contributed by atoms with van der Waals surface area (Å²) in [6, 6.07) is 12.9. The zero-order valence-electron chi connectivity index (χ0n) is 14.9. The SMILES string of the molecule is CCc1ccc(CN(C)C(=O)NCCc2ccc(C(F)(F)F)cc2)cc1. The Balaban J connectivity index is 1.78. The summed E-state index contributed by atoms with van der Waals surface area (Å²) >= 11 is 0. The molecule has 2 amide bonds. The molecule has 0 saturated carbocycles. The van der Waals surface area contributed by atoms with E-state index in [1.54, 1.807) is 11.9 Å². The van der Waals surface area contributed by atoms with Crippen LogP contribution in [-0.4, -0.2) is 24.5 Å². The number of nitrogens with one attached hydrogen (secondary N) is 1. The Labute approximate surface area is 151 Å². The van der Waals surface area contributed by atoms with Gasteiger partial charge in [-0.1, -0.05) is 43.3 Å². The minimum absolute atomic E-state index is 0.212. The molecule has 2 aromatic rings. The van der Waals surface area contributed by atoms with Gasteiger partial charge in [0.1, 0.15) is 0 Å². The lowest BCUT2D eigenvalue weighted by Gasteiger charge is -2.18. The third-order valence-electron chi connectivity index (χ3n) is 4.17. The maximum Gasteiger partial charge on any atom is 0.416 e. The van der Waals surface area contributed by atoms with Crippen molar-refractivity contribution in [2.45, 2.75) is 32.5 Å². The summed E-state index contributed by atoms with van der Waals surface area (Å²) in [5.41, 5.74) is 2.37. The number of nitrogens with zero attached hydrogens (tertiary/aromatic N) is 1. The van der Waals surface area contributed by atoms with Gasteiger partial charge in [0, 0.05) is 20.1 Å². The van der Waals surface area contributed by atoms with E-state index in [1.807, 2.05) is 24.3 Å². The van der Waals surface area contributed by atoms with Gasteiger partial charge < -0.3 is 10.2 Å². The van der Waals surface area contributed by atoms with E-state index in [1.165, 1.54) is 17.7 Å². The Morgan fingerprint density at radius 2 is 1.50 bits per heavy atom. The quantitative estimate of drug-likeness (QED) is 0.795. The molecule has 0 saturated heterocycles. The van der Waals surface area contributed by atoms with Gasteiger partial charge in [-0.15, -0.1) is 0 Å². The van der Waals surface area contributed by atoms with Crippen LogP contribution in [0.1, 0.15) is 29.2 Å². The highest BCUT2D eigenvalue weighted by Crippen LogP contribution is 2.29. The second-order valence-corrected chi connectivity index (χ2v) is 6.20. The van der Waals surface area contributed by atoms with Crippen LogP contribution in [0, 0.1) is 0 Å². The van der Waals surface area contributed by atoms with Gasteiger partial charge >= 0.3 is 12.2 Å². The van der Waals surface area contributed by atoms with Gasteiger partial charge in [-0.2, -0.15) is 13.2 Å². The maximum absolute atomic E-state index is 12.5. The molecule has 6 heteroatoms. The Hall–Kier alpha value is -2.50. The Morgan fingerprint density at radius 3 is 2.04 bits per heavy atom. The largest absolute Gasteiger partial charge is 0.416 e. The van der Waals surface area contributed by atoms with Crippen molar-refractivity contribution in [1.29, 1.82) is 0 Å². The van der Waals surface area contributed by atoms with E-state index in [2.05, 4.69) is 12.2 Å². The fraction of sp³-hybridized carbons (Fsp3) is 0.350. The van der Waals surface area contributed by atoms with E-state index in [-0.39, 0.29) is 6.03 Å². The normalized spacial score (nSPS) is 11.3. The number of alkyl halides is 3. The molecule has 0 aliphatic carbocycles. The van der Waals surface area contributed by atoms with Crippen LogP contribution < -0.4 is 5.32 Å². The van der Waals surface area contributed by atoms with Crippen molar-refractivity contribution in [2.24, 2.45) is 0 Å². The van der Waals surface area contributed by atoms with Gasteiger partial charge in [-0.05, 0) is 41.7 Å². The van der Waals surface area contributed by atoms with Crippen LogP contribution in [-0.2, 0) is 25.6 Å². The standard InChI is InChI=1S/C20H23F3N2O/c1-3-15-4-6-17(7-5-15)14-25(2)19(26)24-13-12-16-8-10-18(11-9-16)20(21,22)23/h4-11H,3,12-14H2,1-2H3,(H,24,26). The molecule has 0 bridgehead atoms. The predicted octanol–water partition coefficient (Wildman–Crippen LogP) is 4.65. The molecule has 0 aliphatic rings. The topological polar surface area (TPSA) is 32.3 Å². The maximum atomic E-state index is 12.5. The first kappa shape index (κ1) is 19.8. The molecule has 0 fully saturated rings. The summed E-state index contributed by atoms with van der Waals surface area (Å²) in [6.45, 7) is 2.95. The highest BCUT2D eigenvalue weighted by molar-refractivity contribution is 5.73. The van der Waals surface area contributed by atoms with Crippen LogP contribution in [0.5, 0.6) is 0 Å². The Kier molecular flexibility index (Phi) is 6.66. The van der Waals surface area contributed by atoms with E-state index >= 15 is 0 Å². The molecule has 1 N–H and O–H groups in total. The molecule has 0 unspecified atom stereocenters. The zero-order valence-corrected chi connectivity index (χ0v) is 14.9. The Bertz CT molecular complexity index is 709. The smallest absolute Gasteiger partial charge is 0.338 e. The molecule has 0 spiro atoms. The number of carbonyl (C=O) groups is 1. The van der Waals surface area contributed by atoms with Gasteiger partial charge in [0.2, 0.25) is 0 Å². The van der Waals surface area contributed by atoms with Gasteiger partial charge in [0.25, 0.3) is 0 Å². The summed E-state index contributed by atoms with van der Waals surface area (Å²) < 4.78 is 37.6.